The van der Waals surface area contributed by atoms with E-state index in [1.54, 1.807) is 24.4 Å². The Bertz CT molecular complexity index is 1970. The number of carbonyl (C=O) groups is 1. The van der Waals surface area contributed by atoms with Gasteiger partial charge < -0.3 is 29.3 Å². The van der Waals surface area contributed by atoms with Crippen LogP contribution in [0.4, 0.5) is 0 Å². The summed E-state index contributed by atoms with van der Waals surface area (Å²) in [7, 11) is 0. The van der Waals surface area contributed by atoms with Crippen LogP contribution in [-0.4, -0.2) is 75.9 Å². The zero-order valence-corrected chi connectivity index (χ0v) is 31.9. The van der Waals surface area contributed by atoms with E-state index >= 15 is 0 Å². The number of aliphatic hydroxyl groups is 1. The fourth-order valence-electron chi connectivity index (χ4n) is 7.47. The number of pyridine rings is 1. The van der Waals surface area contributed by atoms with Crippen molar-refractivity contribution >= 4 is 17.6 Å². The van der Waals surface area contributed by atoms with Gasteiger partial charge in [0.05, 0.1) is 23.3 Å². The number of carboxylic acid groups (broad SMARTS) is 1. The lowest BCUT2D eigenvalue weighted by Gasteiger charge is -2.33. The third-order valence-corrected chi connectivity index (χ3v) is 10.8. The topological polar surface area (TPSA) is 128 Å². The quantitative estimate of drug-likeness (QED) is 0.117. The molecule has 11 heteroatoms. The lowest BCUT2D eigenvalue weighted by Crippen LogP contribution is -2.44. The molecule has 4 aromatic rings. The standard InChI is InChI=1S/C43H49ClN4O6/c1-29-33(9-5-11-36(29)37-12-6-14-40(30(37)2)52-18-8-16-47-15-7-10-35(49)26-47)28-54-42-21-41(53-27-32-19-31(22-45)23-46-24-32)34(20-38(42)44)25-48-17-4-3-13-39(48)43(50)51/h5-6,9,11-12,14,19-21,23-24,35,39,49H,3-4,7-8,10,13,15-18,25-28H2,1-2H3,(H,50,51)/t35-,39+/m1/s1. The zero-order valence-electron chi connectivity index (χ0n) is 31.1. The SMILES string of the molecule is Cc1c(COc2cc(OCc3cncc(C#N)c3)c(CN3CCCC[C@H]3C(=O)O)cc2Cl)cccc1-c1cccc(OCCCN2CCC[C@@H](O)C2)c1C. The molecule has 10 nitrogen and oxygen atoms in total. The highest BCUT2D eigenvalue weighted by Crippen LogP contribution is 2.37. The lowest BCUT2D eigenvalue weighted by atomic mass is 9.93. The van der Waals surface area contributed by atoms with Crippen LogP contribution in [-0.2, 0) is 24.6 Å². The molecule has 6 rings (SSSR count). The summed E-state index contributed by atoms with van der Waals surface area (Å²) in [5, 5.41) is 29.6. The Morgan fingerprint density at radius 3 is 2.50 bits per heavy atom. The van der Waals surface area contributed by atoms with E-state index in [0.717, 1.165) is 96.4 Å². The summed E-state index contributed by atoms with van der Waals surface area (Å²) in [5.74, 6) is 1.00. The first-order chi connectivity index (χ1) is 26.2. The summed E-state index contributed by atoms with van der Waals surface area (Å²) in [6.45, 7) is 8.91. The molecule has 0 saturated carbocycles. The molecule has 2 N–H and O–H groups in total. The summed E-state index contributed by atoms with van der Waals surface area (Å²) < 4.78 is 19.0. The van der Waals surface area contributed by atoms with Crippen molar-refractivity contribution in [2.75, 3.05) is 32.8 Å². The predicted molar refractivity (Wildman–Crippen MR) is 208 cm³/mol. The smallest absolute Gasteiger partial charge is 0.320 e. The van der Waals surface area contributed by atoms with E-state index in [1.165, 1.54) is 6.20 Å². The third-order valence-electron chi connectivity index (χ3n) is 10.5. The fourth-order valence-corrected chi connectivity index (χ4v) is 7.71. The molecule has 2 aliphatic heterocycles. The van der Waals surface area contributed by atoms with Crippen LogP contribution in [0.3, 0.4) is 0 Å². The average molecular weight is 753 g/mol. The number of nitriles is 1. The molecule has 0 amide bonds. The van der Waals surface area contributed by atoms with Crippen molar-refractivity contribution in [1.29, 1.82) is 5.26 Å². The van der Waals surface area contributed by atoms with E-state index < -0.39 is 12.0 Å². The van der Waals surface area contributed by atoms with Gasteiger partial charge in [0.1, 0.15) is 42.6 Å². The van der Waals surface area contributed by atoms with Crippen molar-refractivity contribution in [3.63, 3.8) is 0 Å². The number of rotatable bonds is 15. The Labute approximate surface area is 322 Å². The Morgan fingerprint density at radius 1 is 0.907 bits per heavy atom. The number of likely N-dealkylation sites (tertiary alicyclic amines) is 2. The number of carboxylic acids is 1. The Kier molecular flexibility index (Phi) is 13.4. The maximum Gasteiger partial charge on any atom is 0.320 e. The zero-order chi connectivity index (χ0) is 38.0. The molecule has 2 aliphatic rings. The summed E-state index contributed by atoms with van der Waals surface area (Å²) >= 11 is 6.86. The van der Waals surface area contributed by atoms with Crippen molar-refractivity contribution < 1.29 is 29.2 Å². The molecule has 3 aromatic carbocycles. The number of halogens is 1. The minimum absolute atomic E-state index is 0.158. The van der Waals surface area contributed by atoms with Crippen molar-refractivity contribution in [3.05, 3.63) is 105 Å². The molecule has 3 heterocycles. The van der Waals surface area contributed by atoms with Gasteiger partial charge >= 0.3 is 5.97 Å². The number of aliphatic carboxylic acids is 1. The number of hydrogen-bond donors (Lipinski definition) is 2. The van der Waals surface area contributed by atoms with E-state index in [2.05, 4.69) is 41.9 Å². The molecule has 0 aliphatic carbocycles. The van der Waals surface area contributed by atoms with E-state index in [1.807, 2.05) is 29.2 Å². The number of piperidine rings is 2. The molecule has 2 fully saturated rings. The maximum atomic E-state index is 12.1. The van der Waals surface area contributed by atoms with Gasteiger partial charge in [0.2, 0.25) is 0 Å². The van der Waals surface area contributed by atoms with E-state index in [4.69, 9.17) is 25.8 Å². The highest BCUT2D eigenvalue weighted by molar-refractivity contribution is 6.32. The maximum absolute atomic E-state index is 12.1. The molecule has 0 spiro atoms. The summed E-state index contributed by atoms with van der Waals surface area (Å²) in [6, 6.07) is 19.2. The first kappa shape index (κ1) is 39.0. The molecule has 284 valence electrons. The number of aliphatic hydroxyl groups excluding tert-OH is 1. The van der Waals surface area contributed by atoms with E-state index in [0.29, 0.717) is 48.2 Å². The first-order valence-corrected chi connectivity index (χ1v) is 19.2. The molecule has 0 bridgehead atoms. The number of benzene rings is 3. The van der Waals surface area contributed by atoms with Gasteiger partial charge in [-0.15, -0.1) is 0 Å². The summed E-state index contributed by atoms with van der Waals surface area (Å²) in [4.78, 5) is 20.5. The van der Waals surface area contributed by atoms with Gasteiger partial charge in [0.25, 0.3) is 0 Å². The minimum Gasteiger partial charge on any atom is -0.493 e. The summed E-state index contributed by atoms with van der Waals surface area (Å²) in [5.41, 5.74) is 7.27. The number of aromatic nitrogens is 1. The van der Waals surface area contributed by atoms with Crippen molar-refractivity contribution in [1.82, 2.24) is 14.8 Å². The van der Waals surface area contributed by atoms with Gasteiger partial charge in [-0.25, -0.2) is 0 Å². The molecule has 2 atom stereocenters. The van der Waals surface area contributed by atoms with Crippen molar-refractivity contribution in [2.24, 2.45) is 0 Å². The van der Waals surface area contributed by atoms with Gasteiger partial charge in [-0.2, -0.15) is 5.26 Å². The Morgan fingerprint density at radius 2 is 1.70 bits per heavy atom. The van der Waals surface area contributed by atoms with Gasteiger partial charge in [0, 0.05) is 49.2 Å². The van der Waals surface area contributed by atoms with Crippen LogP contribution < -0.4 is 14.2 Å². The van der Waals surface area contributed by atoms with E-state index in [-0.39, 0.29) is 19.3 Å². The number of ether oxygens (including phenoxy) is 3. The molecule has 1 aromatic heterocycles. The van der Waals surface area contributed by atoms with Crippen molar-refractivity contribution in [2.45, 2.75) is 84.3 Å². The molecular formula is C43H49ClN4O6. The Balaban J connectivity index is 1.17. The molecule has 54 heavy (non-hydrogen) atoms. The van der Waals surface area contributed by atoms with Crippen LogP contribution in [0.25, 0.3) is 11.1 Å². The second-order valence-electron chi connectivity index (χ2n) is 14.3. The monoisotopic (exact) mass is 752 g/mol. The van der Waals surface area contributed by atoms with Crippen LogP contribution in [0.15, 0.2) is 67.0 Å². The number of hydrogen-bond acceptors (Lipinski definition) is 9. The predicted octanol–water partition coefficient (Wildman–Crippen LogP) is 7.71. The van der Waals surface area contributed by atoms with Gasteiger partial charge in [-0.05, 0) is 105 Å². The second-order valence-corrected chi connectivity index (χ2v) is 14.7. The van der Waals surface area contributed by atoms with Crippen molar-refractivity contribution in [3.8, 4) is 34.4 Å². The molecule has 0 radical (unpaired) electrons. The summed E-state index contributed by atoms with van der Waals surface area (Å²) in [6.07, 6.45) is 8.13. The van der Waals surface area contributed by atoms with Crippen LogP contribution in [0.5, 0.6) is 17.2 Å². The minimum atomic E-state index is -0.833. The first-order valence-electron chi connectivity index (χ1n) is 18.8. The fraction of sp³-hybridized carbons (Fsp3) is 0.419. The van der Waals surface area contributed by atoms with E-state index in [9.17, 15) is 20.3 Å². The number of β-amino-alcohol motifs (C(OH)–C–C–N with tert-alkyl or cyclic N) is 1. The number of nitrogens with zero attached hydrogens (tertiary/aromatic N) is 4. The van der Waals surface area contributed by atoms with Gasteiger partial charge in [0.15, 0.2) is 0 Å². The van der Waals surface area contributed by atoms with Crippen LogP contribution in [0.2, 0.25) is 5.02 Å². The van der Waals surface area contributed by atoms with Crippen LogP contribution >= 0.6 is 11.6 Å². The third kappa shape index (κ3) is 9.90. The highest BCUT2D eigenvalue weighted by Gasteiger charge is 2.29. The highest BCUT2D eigenvalue weighted by atomic mass is 35.5. The molecule has 0 unspecified atom stereocenters. The molecule has 2 saturated heterocycles. The second kappa shape index (κ2) is 18.6. The lowest BCUT2D eigenvalue weighted by molar-refractivity contribution is -0.144. The van der Waals surface area contributed by atoms with Gasteiger partial charge in [-0.1, -0.05) is 48.4 Å². The average Bonchev–Trinajstić information content (AvgIpc) is 3.17. The van der Waals surface area contributed by atoms with Crippen LogP contribution in [0, 0.1) is 25.2 Å². The normalized spacial score (nSPS) is 17.8. The van der Waals surface area contributed by atoms with Crippen LogP contribution in [0.1, 0.15) is 71.9 Å². The Hall–Kier alpha value is -4.66. The largest absolute Gasteiger partial charge is 0.493 e. The van der Waals surface area contributed by atoms with Gasteiger partial charge in [-0.3, -0.25) is 14.7 Å². The molecular weight excluding hydrogens is 704 g/mol.